The normalized spacial score (nSPS) is 14.7. The van der Waals surface area contributed by atoms with E-state index in [0.29, 0.717) is 12.1 Å². The molecule has 3 aromatic carbocycles. The molecular weight excluding hydrogens is 530 g/mol. The molecule has 0 saturated carbocycles. The first-order valence-corrected chi connectivity index (χ1v) is 15.3. The average Bonchev–Trinajstić information content (AvgIpc) is 3.40. The van der Waals surface area contributed by atoms with Gasteiger partial charge in [0.2, 0.25) is 10.0 Å². The van der Waals surface area contributed by atoms with Crippen LogP contribution in [0.2, 0.25) is 0 Å². The van der Waals surface area contributed by atoms with Crippen molar-refractivity contribution in [2.24, 2.45) is 0 Å². The molecular formula is C29H33N5O3S2. The van der Waals surface area contributed by atoms with Gasteiger partial charge in [0.1, 0.15) is 0 Å². The molecule has 204 valence electrons. The summed E-state index contributed by atoms with van der Waals surface area (Å²) in [7, 11) is -2.10. The molecule has 0 radical (unpaired) electrons. The zero-order chi connectivity index (χ0) is 27.4. The third-order valence-electron chi connectivity index (χ3n) is 7.04. The Hall–Kier alpha value is -3.31. The lowest BCUT2D eigenvalue weighted by Gasteiger charge is -2.34. The van der Waals surface area contributed by atoms with E-state index >= 15 is 0 Å². The Bertz CT molecular complexity index is 1530. The van der Waals surface area contributed by atoms with Gasteiger partial charge in [-0.05, 0) is 48.4 Å². The molecule has 1 N–H and O–H groups in total. The van der Waals surface area contributed by atoms with Gasteiger partial charge in [0.25, 0.3) is 5.91 Å². The fourth-order valence-corrected chi connectivity index (χ4v) is 6.94. The van der Waals surface area contributed by atoms with E-state index in [1.807, 2.05) is 30.3 Å². The molecule has 0 unspecified atom stereocenters. The van der Waals surface area contributed by atoms with Gasteiger partial charge in [0, 0.05) is 58.4 Å². The van der Waals surface area contributed by atoms with E-state index in [9.17, 15) is 13.2 Å². The number of nitrogens with zero attached hydrogens (tertiary/aromatic N) is 4. The van der Waals surface area contributed by atoms with E-state index in [1.54, 1.807) is 30.5 Å². The zero-order valence-corrected chi connectivity index (χ0v) is 23.8. The molecule has 0 aliphatic carbocycles. The van der Waals surface area contributed by atoms with E-state index in [2.05, 4.69) is 40.2 Å². The number of amides is 1. The molecule has 0 atom stereocenters. The van der Waals surface area contributed by atoms with Crippen molar-refractivity contribution in [3.8, 4) is 0 Å². The van der Waals surface area contributed by atoms with Crippen LogP contribution in [0, 0.1) is 6.92 Å². The van der Waals surface area contributed by atoms with Gasteiger partial charge in [-0.3, -0.25) is 9.69 Å². The van der Waals surface area contributed by atoms with Crippen LogP contribution >= 0.6 is 11.3 Å². The van der Waals surface area contributed by atoms with Crippen LogP contribution in [0.15, 0.2) is 77.7 Å². The monoisotopic (exact) mass is 563 g/mol. The minimum absolute atomic E-state index is 0.165. The summed E-state index contributed by atoms with van der Waals surface area (Å²) < 4.78 is 28.4. The van der Waals surface area contributed by atoms with Crippen LogP contribution in [0.4, 0.5) is 5.13 Å². The first-order valence-electron chi connectivity index (χ1n) is 13.0. The maximum atomic E-state index is 13.0. The standard InChI is InChI=1S/C29H33N5O3S2/c1-22-7-6-10-26-27(22)31-29(38-26)34-19-17-33(18-20-34)16-15-30-28(35)24-11-13-25(14-12-24)39(36,37)32(2)21-23-8-4-3-5-9-23/h3-14H,15-21H2,1-2H3,(H,30,35). The fourth-order valence-electron chi connectivity index (χ4n) is 4.69. The summed E-state index contributed by atoms with van der Waals surface area (Å²) in [5, 5.41) is 4.04. The predicted octanol–water partition coefficient (Wildman–Crippen LogP) is 3.98. The lowest BCUT2D eigenvalue weighted by molar-refractivity contribution is 0.0947. The van der Waals surface area contributed by atoms with E-state index in [4.69, 9.17) is 4.98 Å². The summed E-state index contributed by atoms with van der Waals surface area (Å²) in [5.41, 5.74) is 3.65. The lowest BCUT2D eigenvalue weighted by atomic mass is 10.2. The summed E-state index contributed by atoms with van der Waals surface area (Å²) in [4.78, 5) is 22.4. The average molecular weight is 564 g/mol. The summed E-state index contributed by atoms with van der Waals surface area (Å²) in [6.45, 7) is 7.29. The molecule has 1 saturated heterocycles. The Morgan fingerprint density at radius 3 is 2.38 bits per heavy atom. The van der Waals surface area contributed by atoms with Crippen LogP contribution in [0.25, 0.3) is 10.2 Å². The quantitative estimate of drug-likeness (QED) is 0.332. The summed E-state index contributed by atoms with van der Waals surface area (Å²) >= 11 is 1.74. The molecule has 1 aromatic heterocycles. The summed E-state index contributed by atoms with van der Waals surface area (Å²) in [5.74, 6) is -0.208. The van der Waals surface area contributed by atoms with Gasteiger partial charge in [-0.15, -0.1) is 0 Å². The van der Waals surface area contributed by atoms with Crippen molar-refractivity contribution in [2.75, 3.05) is 51.2 Å². The number of nitrogens with one attached hydrogen (secondary N) is 1. The Morgan fingerprint density at radius 1 is 0.974 bits per heavy atom. The van der Waals surface area contributed by atoms with Crippen molar-refractivity contribution < 1.29 is 13.2 Å². The molecule has 0 spiro atoms. The topological polar surface area (TPSA) is 85.8 Å². The van der Waals surface area contributed by atoms with Gasteiger partial charge in [-0.1, -0.05) is 53.8 Å². The highest BCUT2D eigenvalue weighted by Gasteiger charge is 2.22. The van der Waals surface area contributed by atoms with Gasteiger partial charge in [-0.2, -0.15) is 4.31 Å². The second-order valence-electron chi connectivity index (χ2n) is 9.77. The number of anilines is 1. The molecule has 5 rings (SSSR count). The number of fused-ring (bicyclic) bond motifs is 1. The van der Waals surface area contributed by atoms with E-state index in [-0.39, 0.29) is 17.3 Å². The van der Waals surface area contributed by atoms with Crippen molar-refractivity contribution in [1.29, 1.82) is 0 Å². The lowest BCUT2D eigenvalue weighted by Crippen LogP contribution is -2.48. The summed E-state index contributed by atoms with van der Waals surface area (Å²) in [6, 6.07) is 21.9. The van der Waals surface area contributed by atoms with Crippen LogP contribution in [-0.2, 0) is 16.6 Å². The van der Waals surface area contributed by atoms with Crippen LogP contribution in [0.5, 0.6) is 0 Å². The van der Waals surface area contributed by atoms with Crippen molar-refractivity contribution in [3.05, 3.63) is 89.5 Å². The molecule has 2 heterocycles. The second kappa shape index (κ2) is 11.8. The number of carbonyl (C=O) groups is 1. The predicted molar refractivity (Wildman–Crippen MR) is 157 cm³/mol. The molecule has 4 aromatic rings. The Balaban J connectivity index is 1.08. The highest BCUT2D eigenvalue weighted by Crippen LogP contribution is 2.31. The SMILES string of the molecule is Cc1cccc2sc(N3CCN(CCNC(=O)c4ccc(S(=O)(=O)N(C)Cc5ccccc5)cc4)CC3)nc12. The number of rotatable bonds is 9. The number of benzene rings is 3. The maximum absolute atomic E-state index is 13.0. The Kier molecular flexibility index (Phi) is 8.27. The fraction of sp³-hybridized carbons (Fsp3) is 0.310. The number of carbonyl (C=O) groups excluding carboxylic acids is 1. The highest BCUT2D eigenvalue weighted by atomic mass is 32.2. The summed E-state index contributed by atoms with van der Waals surface area (Å²) in [6.07, 6.45) is 0. The Morgan fingerprint density at radius 2 is 1.69 bits per heavy atom. The zero-order valence-electron chi connectivity index (χ0n) is 22.2. The molecule has 1 aliphatic heterocycles. The number of thiazole rings is 1. The van der Waals surface area contributed by atoms with E-state index in [0.717, 1.165) is 48.9 Å². The third-order valence-corrected chi connectivity index (χ3v) is 9.94. The number of hydrogen-bond acceptors (Lipinski definition) is 7. The van der Waals surface area contributed by atoms with E-state index < -0.39 is 10.0 Å². The molecule has 39 heavy (non-hydrogen) atoms. The first kappa shape index (κ1) is 27.3. The number of sulfonamides is 1. The van der Waals surface area contributed by atoms with Crippen LogP contribution in [0.3, 0.4) is 0 Å². The Labute approximate surface area is 233 Å². The third kappa shape index (κ3) is 6.30. The van der Waals surface area contributed by atoms with Crippen molar-refractivity contribution in [1.82, 2.24) is 19.5 Å². The molecule has 1 aliphatic rings. The van der Waals surface area contributed by atoms with Crippen molar-refractivity contribution in [2.45, 2.75) is 18.4 Å². The molecule has 1 amide bonds. The number of hydrogen-bond donors (Lipinski definition) is 1. The number of para-hydroxylation sites is 1. The van der Waals surface area contributed by atoms with Gasteiger partial charge < -0.3 is 10.2 Å². The number of aromatic nitrogens is 1. The molecule has 0 bridgehead atoms. The number of piperazine rings is 1. The highest BCUT2D eigenvalue weighted by molar-refractivity contribution is 7.89. The van der Waals surface area contributed by atoms with Crippen LogP contribution < -0.4 is 10.2 Å². The minimum atomic E-state index is -3.66. The van der Waals surface area contributed by atoms with Crippen molar-refractivity contribution in [3.63, 3.8) is 0 Å². The second-order valence-corrected chi connectivity index (χ2v) is 12.8. The van der Waals surface area contributed by atoms with Gasteiger partial charge in [0.15, 0.2) is 5.13 Å². The largest absolute Gasteiger partial charge is 0.351 e. The smallest absolute Gasteiger partial charge is 0.251 e. The number of aryl methyl sites for hydroxylation is 1. The van der Waals surface area contributed by atoms with Gasteiger partial charge in [0.05, 0.1) is 15.1 Å². The molecule has 10 heteroatoms. The first-order chi connectivity index (χ1) is 18.8. The van der Waals surface area contributed by atoms with Gasteiger partial charge >= 0.3 is 0 Å². The maximum Gasteiger partial charge on any atom is 0.251 e. The van der Waals surface area contributed by atoms with Gasteiger partial charge in [-0.25, -0.2) is 13.4 Å². The van der Waals surface area contributed by atoms with Crippen LogP contribution in [-0.4, -0.2) is 74.8 Å². The molecule has 8 nitrogen and oxygen atoms in total. The van der Waals surface area contributed by atoms with E-state index in [1.165, 1.54) is 26.7 Å². The van der Waals surface area contributed by atoms with Crippen molar-refractivity contribution >= 4 is 42.6 Å². The molecule has 1 fully saturated rings. The van der Waals surface area contributed by atoms with Crippen LogP contribution in [0.1, 0.15) is 21.5 Å². The minimum Gasteiger partial charge on any atom is -0.351 e.